The summed E-state index contributed by atoms with van der Waals surface area (Å²) in [5.41, 5.74) is 1.99. The standard InChI is InChI=1S/C26H28N2O6S/c1-3-34-26(30)17-20-9-11-22(12-10-20)27-25(29)19-28(18-21-7-5-4-6-8-21)35(31,32)24-15-13-23(33-2)14-16-24/h4-16H,3,17-19H2,1-2H3,(H,27,29). The van der Waals surface area contributed by atoms with Gasteiger partial charge in [-0.05, 0) is 54.4 Å². The smallest absolute Gasteiger partial charge is 0.310 e. The maximum atomic E-state index is 13.4. The Kier molecular flexibility index (Phi) is 8.99. The normalized spacial score (nSPS) is 11.2. The average Bonchev–Trinajstić information content (AvgIpc) is 2.85. The topological polar surface area (TPSA) is 102 Å². The van der Waals surface area contributed by atoms with Crippen molar-refractivity contribution in [2.75, 3.05) is 25.6 Å². The fourth-order valence-electron chi connectivity index (χ4n) is 3.35. The summed E-state index contributed by atoms with van der Waals surface area (Å²) >= 11 is 0. The number of amides is 1. The Labute approximate surface area is 205 Å². The van der Waals surface area contributed by atoms with E-state index in [9.17, 15) is 18.0 Å². The molecule has 9 heteroatoms. The van der Waals surface area contributed by atoms with E-state index in [1.807, 2.05) is 18.2 Å². The molecule has 0 unspecified atom stereocenters. The zero-order valence-electron chi connectivity index (χ0n) is 19.6. The van der Waals surface area contributed by atoms with Crippen molar-refractivity contribution >= 4 is 27.6 Å². The lowest BCUT2D eigenvalue weighted by Gasteiger charge is -2.22. The average molecular weight is 497 g/mol. The van der Waals surface area contributed by atoms with Crippen LogP contribution in [0.25, 0.3) is 0 Å². The van der Waals surface area contributed by atoms with Crippen molar-refractivity contribution in [3.63, 3.8) is 0 Å². The molecule has 0 aliphatic rings. The van der Waals surface area contributed by atoms with Gasteiger partial charge in [-0.15, -0.1) is 0 Å². The number of hydrogen-bond donors (Lipinski definition) is 1. The van der Waals surface area contributed by atoms with E-state index in [0.717, 1.165) is 15.4 Å². The highest BCUT2D eigenvalue weighted by molar-refractivity contribution is 7.89. The molecule has 0 fully saturated rings. The van der Waals surface area contributed by atoms with E-state index in [4.69, 9.17) is 9.47 Å². The molecular weight excluding hydrogens is 468 g/mol. The summed E-state index contributed by atoms with van der Waals surface area (Å²) in [7, 11) is -2.47. The van der Waals surface area contributed by atoms with Crippen LogP contribution in [-0.2, 0) is 37.3 Å². The van der Waals surface area contributed by atoms with Gasteiger partial charge in [0.05, 0.1) is 31.6 Å². The number of benzene rings is 3. The molecule has 184 valence electrons. The molecule has 1 N–H and O–H groups in total. The van der Waals surface area contributed by atoms with Crippen LogP contribution in [0.15, 0.2) is 83.8 Å². The van der Waals surface area contributed by atoms with Crippen LogP contribution in [0.2, 0.25) is 0 Å². The molecule has 0 aliphatic heterocycles. The quantitative estimate of drug-likeness (QED) is 0.407. The fourth-order valence-corrected chi connectivity index (χ4v) is 4.74. The monoisotopic (exact) mass is 496 g/mol. The van der Waals surface area contributed by atoms with E-state index in [2.05, 4.69) is 5.32 Å². The van der Waals surface area contributed by atoms with Crippen molar-refractivity contribution in [1.82, 2.24) is 4.31 Å². The summed E-state index contributed by atoms with van der Waals surface area (Å²) in [6.45, 7) is 1.70. The van der Waals surface area contributed by atoms with Gasteiger partial charge in [0.15, 0.2) is 0 Å². The Hall–Kier alpha value is -3.69. The molecule has 35 heavy (non-hydrogen) atoms. The van der Waals surface area contributed by atoms with Gasteiger partial charge < -0.3 is 14.8 Å². The Morgan fingerprint density at radius 1 is 0.886 bits per heavy atom. The van der Waals surface area contributed by atoms with E-state index < -0.39 is 15.9 Å². The first kappa shape index (κ1) is 25.9. The Bertz CT molecular complexity index is 1230. The van der Waals surface area contributed by atoms with Gasteiger partial charge in [-0.1, -0.05) is 42.5 Å². The first-order chi connectivity index (χ1) is 16.8. The highest BCUT2D eigenvalue weighted by Crippen LogP contribution is 2.21. The second kappa shape index (κ2) is 12.1. The minimum absolute atomic E-state index is 0.0289. The number of nitrogens with one attached hydrogen (secondary N) is 1. The number of sulfonamides is 1. The lowest BCUT2D eigenvalue weighted by molar-refractivity contribution is -0.142. The number of ether oxygens (including phenoxy) is 2. The molecule has 0 radical (unpaired) electrons. The van der Waals surface area contributed by atoms with Gasteiger partial charge in [0.2, 0.25) is 15.9 Å². The third-order valence-corrected chi connectivity index (χ3v) is 6.92. The molecule has 1 amide bonds. The minimum atomic E-state index is -3.97. The van der Waals surface area contributed by atoms with Crippen LogP contribution in [0.5, 0.6) is 5.75 Å². The summed E-state index contributed by atoms with van der Waals surface area (Å²) in [6, 6.07) is 21.8. The van der Waals surface area contributed by atoms with E-state index in [0.29, 0.717) is 18.0 Å². The number of nitrogens with zero attached hydrogens (tertiary/aromatic N) is 1. The predicted octanol–water partition coefficient (Wildman–Crippen LogP) is 3.63. The van der Waals surface area contributed by atoms with Crippen molar-refractivity contribution in [2.45, 2.75) is 24.8 Å². The molecule has 3 aromatic carbocycles. The Morgan fingerprint density at radius 3 is 2.14 bits per heavy atom. The zero-order valence-corrected chi connectivity index (χ0v) is 20.5. The van der Waals surface area contributed by atoms with Crippen molar-refractivity contribution in [3.05, 3.63) is 90.0 Å². The number of carbonyl (C=O) groups is 2. The molecule has 0 saturated heterocycles. The fraction of sp³-hybridized carbons (Fsp3) is 0.231. The molecule has 8 nitrogen and oxygen atoms in total. The SMILES string of the molecule is CCOC(=O)Cc1ccc(NC(=O)CN(Cc2ccccc2)S(=O)(=O)c2ccc(OC)cc2)cc1. The highest BCUT2D eigenvalue weighted by Gasteiger charge is 2.27. The first-order valence-electron chi connectivity index (χ1n) is 11.0. The highest BCUT2D eigenvalue weighted by atomic mass is 32.2. The van der Waals surface area contributed by atoms with Crippen LogP contribution >= 0.6 is 0 Å². The summed E-state index contributed by atoms with van der Waals surface area (Å²) < 4.78 is 38.0. The summed E-state index contributed by atoms with van der Waals surface area (Å²) in [6.07, 6.45) is 0.132. The third-order valence-electron chi connectivity index (χ3n) is 5.11. The molecular formula is C26H28N2O6S. The van der Waals surface area contributed by atoms with Gasteiger partial charge in [-0.25, -0.2) is 8.42 Å². The van der Waals surface area contributed by atoms with Crippen LogP contribution in [0.1, 0.15) is 18.1 Å². The van der Waals surface area contributed by atoms with Gasteiger partial charge in [0, 0.05) is 12.2 Å². The number of anilines is 1. The van der Waals surface area contributed by atoms with Crippen LogP contribution in [0, 0.1) is 0 Å². The van der Waals surface area contributed by atoms with Gasteiger partial charge >= 0.3 is 5.97 Å². The zero-order chi connectivity index (χ0) is 25.3. The largest absolute Gasteiger partial charge is 0.497 e. The third kappa shape index (κ3) is 7.40. The second-order valence-electron chi connectivity index (χ2n) is 7.66. The summed E-state index contributed by atoms with van der Waals surface area (Å²) in [5.74, 6) is -0.288. The van der Waals surface area contributed by atoms with Gasteiger partial charge in [0.25, 0.3) is 0 Å². The molecule has 3 aromatic rings. The van der Waals surface area contributed by atoms with Crippen molar-refractivity contribution in [1.29, 1.82) is 0 Å². The van der Waals surface area contributed by atoms with Crippen LogP contribution in [0.4, 0.5) is 5.69 Å². The number of methoxy groups -OCH3 is 1. The Morgan fingerprint density at radius 2 is 1.54 bits per heavy atom. The van der Waals surface area contributed by atoms with Crippen LogP contribution in [0.3, 0.4) is 0 Å². The molecule has 0 aliphatic carbocycles. The maximum Gasteiger partial charge on any atom is 0.310 e. The number of carbonyl (C=O) groups excluding carboxylic acids is 2. The van der Waals surface area contributed by atoms with Crippen molar-refractivity contribution < 1.29 is 27.5 Å². The Balaban J connectivity index is 1.75. The van der Waals surface area contributed by atoms with E-state index in [1.54, 1.807) is 55.5 Å². The molecule has 3 rings (SSSR count). The van der Waals surface area contributed by atoms with E-state index >= 15 is 0 Å². The minimum Gasteiger partial charge on any atom is -0.497 e. The van der Waals surface area contributed by atoms with E-state index in [1.165, 1.54) is 19.2 Å². The van der Waals surface area contributed by atoms with Crippen molar-refractivity contribution in [3.8, 4) is 5.75 Å². The number of esters is 1. The van der Waals surface area contributed by atoms with Gasteiger partial charge in [-0.3, -0.25) is 9.59 Å². The van der Waals surface area contributed by atoms with Gasteiger partial charge in [0.1, 0.15) is 5.75 Å². The summed E-state index contributed by atoms with van der Waals surface area (Å²) in [5, 5.41) is 2.72. The maximum absolute atomic E-state index is 13.4. The molecule has 0 atom stereocenters. The molecule has 0 bridgehead atoms. The van der Waals surface area contributed by atoms with Crippen LogP contribution in [-0.4, -0.2) is 44.9 Å². The lowest BCUT2D eigenvalue weighted by Crippen LogP contribution is -2.37. The van der Waals surface area contributed by atoms with Crippen LogP contribution < -0.4 is 10.1 Å². The molecule has 0 spiro atoms. The predicted molar refractivity (Wildman–Crippen MR) is 132 cm³/mol. The first-order valence-corrected chi connectivity index (χ1v) is 12.5. The van der Waals surface area contributed by atoms with Gasteiger partial charge in [-0.2, -0.15) is 4.31 Å². The molecule has 0 heterocycles. The molecule has 0 saturated carbocycles. The lowest BCUT2D eigenvalue weighted by atomic mass is 10.1. The summed E-state index contributed by atoms with van der Waals surface area (Å²) in [4.78, 5) is 24.5. The second-order valence-corrected chi connectivity index (χ2v) is 9.60. The van der Waals surface area contributed by atoms with Crippen molar-refractivity contribution in [2.24, 2.45) is 0 Å². The number of rotatable bonds is 11. The van der Waals surface area contributed by atoms with E-state index in [-0.39, 0.29) is 30.4 Å². The molecule has 0 aromatic heterocycles. The number of hydrogen-bond acceptors (Lipinski definition) is 6.